The van der Waals surface area contributed by atoms with Crippen LogP contribution in [0.15, 0.2) is 60.7 Å². The normalized spacial score (nSPS) is 25.3. The van der Waals surface area contributed by atoms with E-state index < -0.39 is 30.5 Å². The molecule has 1 fully saturated rings. The van der Waals surface area contributed by atoms with Gasteiger partial charge in [-0.1, -0.05) is 60.7 Å². The number of carbonyl (C=O) groups is 1. The first kappa shape index (κ1) is 18.5. The van der Waals surface area contributed by atoms with Crippen LogP contribution in [0.2, 0.25) is 0 Å². The molecule has 3 rings (SSSR count). The molecule has 1 N–H and O–H groups in total. The van der Waals surface area contributed by atoms with Crippen LogP contribution < -0.4 is 0 Å². The second-order valence-electron chi connectivity index (χ2n) is 6.14. The van der Waals surface area contributed by atoms with Crippen LogP contribution in [0, 0.1) is 0 Å². The van der Waals surface area contributed by atoms with Crippen molar-refractivity contribution >= 4 is 5.97 Å². The van der Waals surface area contributed by atoms with Crippen LogP contribution in [-0.4, -0.2) is 42.2 Å². The van der Waals surface area contributed by atoms with Crippen LogP contribution in [-0.2, 0) is 32.2 Å². The fourth-order valence-corrected chi connectivity index (χ4v) is 2.86. The second kappa shape index (κ2) is 8.89. The summed E-state index contributed by atoms with van der Waals surface area (Å²) >= 11 is 0. The van der Waals surface area contributed by atoms with Crippen LogP contribution >= 0.6 is 0 Å². The summed E-state index contributed by atoms with van der Waals surface area (Å²) in [5.74, 6) is -1.24. The monoisotopic (exact) mass is 360 g/mol. The molecule has 2 aromatic rings. The fourth-order valence-electron chi connectivity index (χ4n) is 2.86. The molecule has 0 unspecified atom stereocenters. The number of carboxylic acids is 1. The molecule has 0 amide bonds. The van der Waals surface area contributed by atoms with E-state index in [0.29, 0.717) is 6.61 Å². The van der Waals surface area contributed by atoms with Crippen LogP contribution in [0.25, 0.3) is 0 Å². The molecule has 0 bridgehead atoms. The lowest BCUT2D eigenvalue weighted by Crippen LogP contribution is -2.37. The highest BCUT2D eigenvalue weighted by molar-refractivity contribution is 5.73. The highest BCUT2D eigenvalue weighted by atomic mass is 19.1. The van der Waals surface area contributed by atoms with Crippen molar-refractivity contribution in [2.45, 2.75) is 37.7 Å². The molecule has 0 aromatic heterocycles. The van der Waals surface area contributed by atoms with Gasteiger partial charge in [0.15, 0.2) is 12.3 Å². The first-order valence-corrected chi connectivity index (χ1v) is 8.44. The number of benzene rings is 2. The van der Waals surface area contributed by atoms with Crippen molar-refractivity contribution in [2.75, 3.05) is 6.61 Å². The van der Waals surface area contributed by atoms with Gasteiger partial charge in [-0.25, -0.2) is 9.18 Å². The van der Waals surface area contributed by atoms with Crippen LogP contribution in [0.1, 0.15) is 11.1 Å². The number of hydrogen-bond donors (Lipinski definition) is 1. The first-order valence-electron chi connectivity index (χ1n) is 8.44. The van der Waals surface area contributed by atoms with Gasteiger partial charge in [-0.2, -0.15) is 0 Å². The first-order chi connectivity index (χ1) is 12.6. The average Bonchev–Trinajstić information content (AvgIpc) is 2.98. The Kier molecular flexibility index (Phi) is 6.33. The van der Waals surface area contributed by atoms with Gasteiger partial charge in [-0.05, 0) is 11.1 Å². The van der Waals surface area contributed by atoms with Crippen molar-refractivity contribution in [3.05, 3.63) is 71.8 Å². The molecule has 0 saturated carbocycles. The molecule has 1 aliphatic heterocycles. The molecular weight excluding hydrogens is 339 g/mol. The second-order valence-corrected chi connectivity index (χ2v) is 6.14. The SMILES string of the molecule is O=C(O)[C@@H]1O[C@H](COCc2ccccc2)[C@@H](F)[C@H]1OCc1ccccc1. The van der Waals surface area contributed by atoms with Gasteiger partial charge in [0.25, 0.3) is 0 Å². The largest absolute Gasteiger partial charge is 0.479 e. The van der Waals surface area contributed by atoms with Crippen LogP contribution in [0.4, 0.5) is 4.39 Å². The summed E-state index contributed by atoms with van der Waals surface area (Å²) in [7, 11) is 0. The predicted molar refractivity (Wildman–Crippen MR) is 92.3 cm³/mol. The van der Waals surface area contributed by atoms with Gasteiger partial charge in [0.05, 0.1) is 19.8 Å². The maximum Gasteiger partial charge on any atom is 0.335 e. The zero-order chi connectivity index (χ0) is 18.4. The molecule has 26 heavy (non-hydrogen) atoms. The Morgan fingerprint density at radius 1 is 1.00 bits per heavy atom. The number of hydrogen-bond acceptors (Lipinski definition) is 4. The van der Waals surface area contributed by atoms with E-state index in [1.165, 1.54) is 0 Å². The highest BCUT2D eigenvalue weighted by Gasteiger charge is 2.49. The molecule has 4 atom stereocenters. The van der Waals surface area contributed by atoms with Gasteiger partial charge < -0.3 is 19.3 Å². The molecule has 1 aliphatic rings. The third-order valence-corrected chi connectivity index (χ3v) is 4.21. The lowest BCUT2D eigenvalue weighted by atomic mass is 10.1. The summed E-state index contributed by atoms with van der Waals surface area (Å²) < 4.78 is 31.1. The molecule has 5 nitrogen and oxygen atoms in total. The molecule has 2 aromatic carbocycles. The van der Waals surface area contributed by atoms with Gasteiger partial charge in [-0.15, -0.1) is 0 Å². The zero-order valence-corrected chi connectivity index (χ0v) is 14.2. The van der Waals surface area contributed by atoms with Crippen LogP contribution in [0.5, 0.6) is 0 Å². The minimum Gasteiger partial charge on any atom is -0.479 e. The number of alkyl halides is 1. The number of aliphatic carboxylic acids is 1. The summed E-state index contributed by atoms with van der Waals surface area (Å²) in [6, 6.07) is 18.7. The Labute approximate surface area is 151 Å². The molecule has 0 spiro atoms. The summed E-state index contributed by atoms with van der Waals surface area (Å²) in [6.07, 6.45) is -5.06. The van der Waals surface area contributed by atoms with E-state index in [0.717, 1.165) is 11.1 Å². The summed E-state index contributed by atoms with van der Waals surface area (Å²) in [4.78, 5) is 11.4. The number of ether oxygens (including phenoxy) is 3. The lowest BCUT2D eigenvalue weighted by molar-refractivity contribution is -0.156. The van der Waals surface area contributed by atoms with Crippen LogP contribution in [0.3, 0.4) is 0 Å². The number of carboxylic acid groups (broad SMARTS) is 1. The van der Waals surface area contributed by atoms with Gasteiger partial charge >= 0.3 is 5.97 Å². The van der Waals surface area contributed by atoms with E-state index in [9.17, 15) is 14.3 Å². The van der Waals surface area contributed by atoms with Gasteiger partial charge in [0.1, 0.15) is 12.2 Å². The highest BCUT2D eigenvalue weighted by Crippen LogP contribution is 2.28. The Balaban J connectivity index is 1.55. The Morgan fingerprint density at radius 3 is 2.15 bits per heavy atom. The zero-order valence-electron chi connectivity index (χ0n) is 14.2. The van der Waals surface area contributed by atoms with E-state index in [1.54, 1.807) is 0 Å². The van der Waals surface area contributed by atoms with E-state index in [1.807, 2.05) is 60.7 Å². The van der Waals surface area contributed by atoms with Crippen molar-refractivity contribution in [1.29, 1.82) is 0 Å². The smallest absolute Gasteiger partial charge is 0.335 e. The average molecular weight is 360 g/mol. The third kappa shape index (κ3) is 4.66. The van der Waals surface area contributed by atoms with Crippen molar-refractivity contribution < 1.29 is 28.5 Å². The summed E-state index contributed by atoms with van der Waals surface area (Å²) in [5.41, 5.74) is 1.79. The van der Waals surface area contributed by atoms with Gasteiger partial charge in [0, 0.05) is 0 Å². The molecule has 0 radical (unpaired) electrons. The third-order valence-electron chi connectivity index (χ3n) is 4.21. The number of halogens is 1. The minimum absolute atomic E-state index is 0.0367. The molecule has 1 saturated heterocycles. The minimum atomic E-state index is -1.57. The molecule has 0 aliphatic carbocycles. The fraction of sp³-hybridized carbons (Fsp3) is 0.350. The quantitative estimate of drug-likeness (QED) is 0.784. The molecule has 138 valence electrons. The maximum absolute atomic E-state index is 14.7. The van der Waals surface area contributed by atoms with E-state index in [2.05, 4.69) is 0 Å². The van der Waals surface area contributed by atoms with E-state index in [4.69, 9.17) is 14.2 Å². The lowest BCUT2D eigenvalue weighted by Gasteiger charge is -2.17. The Hall–Kier alpha value is -2.28. The van der Waals surface area contributed by atoms with Crippen molar-refractivity contribution in [3.8, 4) is 0 Å². The predicted octanol–water partition coefficient (Wildman–Crippen LogP) is 2.98. The van der Waals surface area contributed by atoms with Gasteiger partial charge in [-0.3, -0.25) is 0 Å². The standard InChI is InChI=1S/C20H21FO5/c21-17-16(13-24-11-14-7-3-1-4-8-14)26-19(20(22)23)18(17)25-12-15-9-5-2-6-10-15/h1-10,16-19H,11-13H2,(H,22,23)/t16-,17-,18-,19-/m1/s1. The van der Waals surface area contributed by atoms with Gasteiger partial charge in [0.2, 0.25) is 0 Å². The molecule has 1 heterocycles. The summed E-state index contributed by atoms with van der Waals surface area (Å²) in [5, 5.41) is 9.31. The van der Waals surface area contributed by atoms with E-state index >= 15 is 0 Å². The molecular formula is C20H21FO5. The number of rotatable bonds is 8. The maximum atomic E-state index is 14.7. The van der Waals surface area contributed by atoms with E-state index in [-0.39, 0.29) is 13.2 Å². The Morgan fingerprint density at radius 2 is 1.58 bits per heavy atom. The molecule has 6 heteroatoms. The van der Waals surface area contributed by atoms with Crippen molar-refractivity contribution in [1.82, 2.24) is 0 Å². The Bertz CT molecular complexity index is 694. The summed E-state index contributed by atoms with van der Waals surface area (Å²) in [6.45, 7) is 0.391. The van der Waals surface area contributed by atoms with Crippen molar-refractivity contribution in [3.63, 3.8) is 0 Å². The topological polar surface area (TPSA) is 65.0 Å². The van der Waals surface area contributed by atoms with Crippen molar-refractivity contribution in [2.24, 2.45) is 0 Å².